The van der Waals surface area contributed by atoms with Crippen LogP contribution in [0.3, 0.4) is 0 Å². The van der Waals surface area contributed by atoms with Crippen molar-refractivity contribution in [3.63, 3.8) is 0 Å². The quantitative estimate of drug-likeness (QED) is 0.371. The Morgan fingerprint density at radius 2 is 2.31 bits per heavy atom. The summed E-state index contributed by atoms with van der Waals surface area (Å²) in [5, 5.41) is 8.37. The molecule has 0 saturated carbocycles. The predicted molar refractivity (Wildman–Crippen MR) is 43.7 cm³/mol. The molecule has 0 aliphatic rings. The second-order valence-electron chi connectivity index (χ2n) is 2.44. The standard InChI is InChI=1S/C7H9N3O3/c1-2-5-9-4(3-10(5)8)6(11)7(12)13/h3H,2,8H2,1H3,(H,12,13). The second-order valence-corrected chi connectivity index (χ2v) is 2.44. The molecule has 1 aromatic rings. The van der Waals surface area contributed by atoms with E-state index in [1.807, 2.05) is 0 Å². The van der Waals surface area contributed by atoms with Gasteiger partial charge in [0, 0.05) is 6.42 Å². The van der Waals surface area contributed by atoms with E-state index in [-0.39, 0.29) is 5.69 Å². The Balaban J connectivity index is 3.04. The number of aliphatic carboxylic acids is 1. The van der Waals surface area contributed by atoms with Gasteiger partial charge in [-0.1, -0.05) is 6.92 Å². The van der Waals surface area contributed by atoms with E-state index in [0.717, 1.165) is 4.68 Å². The van der Waals surface area contributed by atoms with Gasteiger partial charge < -0.3 is 10.9 Å². The maximum Gasteiger partial charge on any atom is 0.378 e. The maximum atomic E-state index is 10.9. The maximum absolute atomic E-state index is 10.9. The molecule has 1 aromatic heterocycles. The van der Waals surface area contributed by atoms with Gasteiger partial charge in [0.05, 0.1) is 6.20 Å². The molecule has 0 bridgehead atoms. The van der Waals surface area contributed by atoms with Crippen LogP contribution in [0.2, 0.25) is 0 Å². The summed E-state index contributed by atoms with van der Waals surface area (Å²) in [4.78, 5) is 24.9. The van der Waals surface area contributed by atoms with Gasteiger partial charge in [0.2, 0.25) is 0 Å². The number of Topliss-reactive ketones (excluding diaryl/α,β-unsaturated/α-hetero) is 1. The molecule has 1 rings (SSSR count). The number of ketones is 1. The van der Waals surface area contributed by atoms with Crippen molar-refractivity contribution in [1.29, 1.82) is 0 Å². The largest absolute Gasteiger partial charge is 0.475 e. The minimum absolute atomic E-state index is 0.133. The number of carboxylic acid groups (broad SMARTS) is 1. The fraction of sp³-hybridized carbons (Fsp3) is 0.286. The molecule has 6 heteroatoms. The first kappa shape index (κ1) is 9.24. The van der Waals surface area contributed by atoms with Crippen LogP contribution in [0, 0.1) is 0 Å². The summed E-state index contributed by atoms with van der Waals surface area (Å²) >= 11 is 0. The molecule has 0 aliphatic carbocycles. The highest BCUT2D eigenvalue weighted by molar-refractivity contribution is 6.39. The number of carbonyl (C=O) groups is 2. The Morgan fingerprint density at radius 3 is 2.69 bits per heavy atom. The zero-order valence-corrected chi connectivity index (χ0v) is 7.02. The molecule has 0 amide bonds. The van der Waals surface area contributed by atoms with Crippen molar-refractivity contribution in [2.75, 3.05) is 5.84 Å². The molecule has 6 nitrogen and oxygen atoms in total. The van der Waals surface area contributed by atoms with E-state index in [1.165, 1.54) is 6.20 Å². The van der Waals surface area contributed by atoms with Crippen molar-refractivity contribution >= 4 is 11.8 Å². The molecule has 0 aromatic carbocycles. The smallest absolute Gasteiger partial charge is 0.378 e. The van der Waals surface area contributed by atoms with Gasteiger partial charge in [0.25, 0.3) is 5.78 Å². The minimum Gasteiger partial charge on any atom is -0.475 e. The highest BCUT2D eigenvalue weighted by Gasteiger charge is 2.18. The first-order valence-corrected chi connectivity index (χ1v) is 3.67. The molecule has 0 radical (unpaired) electrons. The lowest BCUT2D eigenvalue weighted by atomic mass is 10.3. The Kier molecular flexibility index (Phi) is 2.32. The molecular formula is C7H9N3O3. The monoisotopic (exact) mass is 183 g/mol. The predicted octanol–water partition coefficient (Wildman–Crippen LogP) is -0.573. The normalized spacial score (nSPS) is 9.92. The van der Waals surface area contributed by atoms with E-state index < -0.39 is 11.8 Å². The van der Waals surface area contributed by atoms with Gasteiger partial charge in [0.15, 0.2) is 0 Å². The van der Waals surface area contributed by atoms with Crippen LogP contribution in [0.4, 0.5) is 0 Å². The molecule has 0 atom stereocenters. The van der Waals surface area contributed by atoms with Gasteiger partial charge in [-0.2, -0.15) is 0 Å². The van der Waals surface area contributed by atoms with Crippen LogP contribution in [0.15, 0.2) is 6.20 Å². The van der Waals surface area contributed by atoms with Crippen LogP contribution in [0.5, 0.6) is 0 Å². The van der Waals surface area contributed by atoms with Gasteiger partial charge in [-0.05, 0) is 0 Å². The molecule has 3 N–H and O–H groups in total. The Labute approximate surface area is 74.0 Å². The van der Waals surface area contributed by atoms with E-state index in [4.69, 9.17) is 10.9 Å². The van der Waals surface area contributed by atoms with Crippen LogP contribution < -0.4 is 5.84 Å². The molecule has 1 heterocycles. The zero-order valence-electron chi connectivity index (χ0n) is 7.02. The van der Waals surface area contributed by atoms with Crippen molar-refractivity contribution < 1.29 is 14.7 Å². The molecule has 0 unspecified atom stereocenters. The fourth-order valence-corrected chi connectivity index (χ4v) is 0.912. The van der Waals surface area contributed by atoms with Gasteiger partial charge >= 0.3 is 5.97 Å². The number of hydrogen-bond acceptors (Lipinski definition) is 4. The summed E-state index contributed by atoms with van der Waals surface area (Å²) in [7, 11) is 0. The highest BCUT2D eigenvalue weighted by Crippen LogP contribution is 2.01. The average molecular weight is 183 g/mol. The lowest BCUT2D eigenvalue weighted by Crippen LogP contribution is -2.13. The van der Waals surface area contributed by atoms with Crippen LogP contribution in [-0.4, -0.2) is 26.5 Å². The molecule has 70 valence electrons. The van der Waals surface area contributed by atoms with Crippen molar-refractivity contribution in [3.8, 4) is 0 Å². The first-order valence-electron chi connectivity index (χ1n) is 3.67. The number of nitrogens with two attached hydrogens (primary N) is 1. The summed E-state index contributed by atoms with van der Waals surface area (Å²) in [6, 6.07) is 0. The molecule has 0 spiro atoms. The molecule has 0 fully saturated rings. The van der Waals surface area contributed by atoms with E-state index in [9.17, 15) is 9.59 Å². The van der Waals surface area contributed by atoms with Crippen molar-refractivity contribution in [2.24, 2.45) is 0 Å². The Morgan fingerprint density at radius 1 is 1.69 bits per heavy atom. The summed E-state index contributed by atoms with van der Waals surface area (Å²) in [5.41, 5.74) is -0.133. The number of aromatic nitrogens is 2. The number of nitrogen functional groups attached to an aromatic ring is 1. The molecule has 0 saturated heterocycles. The number of aryl methyl sites for hydroxylation is 1. The van der Waals surface area contributed by atoms with E-state index in [0.29, 0.717) is 12.2 Å². The zero-order chi connectivity index (χ0) is 10.0. The fourth-order valence-electron chi connectivity index (χ4n) is 0.912. The number of imidazole rings is 1. The van der Waals surface area contributed by atoms with Crippen molar-refractivity contribution in [1.82, 2.24) is 9.66 Å². The number of carbonyl (C=O) groups excluding carboxylic acids is 1. The first-order chi connectivity index (χ1) is 6.06. The lowest BCUT2D eigenvalue weighted by Gasteiger charge is -1.92. The Bertz CT molecular complexity index is 356. The molecule has 13 heavy (non-hydrogen) atoms. The summed E-state index contributed by atoms with van der Waals surface area (Å²) in [6.45, 7) is 1.81. The average Bonchev–Trinajstić information content (AvgIpc) is 2.45. The van der Waals surface area contributed by atoms with E-state index in [1.54, 1.807) is 6.92 Å². The number of nitrogens with zero attached hydrogens (tertiary/aromatic N) is 2. The van der Waals surface area contributed by atoms with E-state index in [2.05, 4.69) is 4.98 Å². The third kappa shape index (κ3) is 1.66. The number of carboxylic acids is 1. The summed E-state index contributed by atoms with van der Waals surface area (Å²) < 4.78 is 1.15. The number of rotatable bonds is 3. The van der Waals surface area contributed by atoms with Crippen LogP contribution in [0.25, 0.3) is 0 Å². The van der Waals surface area contributed by atoms with Gasteiger partial charge in [-0.25, -0.2) is 9.78 Å². The highest BCUT2D eigenvalue weighted by atomic mass is 16.4. The van der Waals surface area contributed by atoms with Crippen LogP contribution in [0.1, 0.15) is 23.2 Å². The van der Waals surface area contributed by atoms with E-state index >= 15 is 0 Å². The van der Waals surface area contributed by atoms with Crippen LogP contribution >= 0.6 is 0 Å². The van der Waals surface area contributed by atoms with Crippen molar-refractivity contribution in [3.05, 3.63) is 17.7 Å². The molecular weight excluding hydrogens is 174 g/mol. The number of hydrogen-bond donors (Lipinski definition) is 2. The van der Waals surface area contributed by atoms with Crippen LogP contribution in [-0.2, 0) is 11.2 Å². The second kappa shape index (κ2) is 3.26. The lowest BCUT2D eigenvalue weighted by molar-refractivity contribution is -0.131. The molecule has 0 aliphatic heterocycles. The van der Waals surface area contributed by atoms with Crippen molar-refractivity contribution in [2.45, 2.75) is 13.3 Å². The topological polar surface area (TPSA) is 98.2 Å². The minimum atomic E-state index is -1.53. The third-order valence-electron chi connectivity index (χ3n) is 1.55. The van der Waals surface area contributed by atoms with Gasteiger partial charge in [-0.15, -0.1) is 0 Å². The summed E-state index contributed by atoms with van der Waals surface area (Å²) in [5.74, 6) is 3.31. The SMILES string of the molecule is CCc1nc(C(=O)C(=O)O)cn1N. The Hall–Kier alpha value is -1.85. The summed E-state index contributed by atoms with van der Waals surface area (Å²) in [6.07, 6.45) is 1.75. The van der Waals surface area contributed by atoms with Gasteiger partial charge in [0.1, 0.15) is 11.5 Å². The van der Waals surface area contributed by atoms with Gasteiger partial charge in [-0.3, -0.25) is 9.47 Å². The third-order valence-corrected chi connectivity index (χ3v) is 1.55.